The number of hydrogen-bond acceptors (Lipinski definition) is 3. The fourth-order valence-electron chi connectivity index (χ4n) is 2.22. The molecule has 1 aromatic rings. The number of rotatable bonds is 4. The summed E-state index contributed by atoms with van der Waals surface area (Å²) in [5.41, 5.74) is 0.400. The van der Waals surface area contributed by atoms with E-state index in [-0.39, 0.29) is 18.5 Å². The van der Waals surface area contributed by atoms with Gasteiger partial charge in [0.1, 0.15) is 12.4 Å². The Balaban J connectivity index is 1.77. The van der Waals surface area contributed by atoms with E-state index in [1.54, 1.807) is 23.1 Å². The fraction of sp³-hybridized carbons (Fsp3) is 0.467. The first kappa shape index (κ1) is 14.8. The zero-order valence-electron chi connectivity index (χ0n) is 11.6. The van der Waals surface area contributed by atoms with Gasteiger partial charge < -0.3 is 9.64 Å². The van der Waals surface area contributed by atoms with Crippen molar-refractivity contribution in [3.63, 3.8) is 0 Å². The van der Waals surface area contributed by atoms with Crippen LogP contribution in [0.4, 0.5) is 9.18 Å². The molecule has 2 rings (SSSR count). The van der Waals surface area contributed by atoms with Gasteiger partial charge in [-0.15, -0.1) is 0 Å². The molecule has 0 bridgehead atoms. The molecule has 1 aromatic carbocycles. The van der Waals surface area contributed by atoms with Crippen LogP contribution in [-0.4, -0.2) is 48.6 Å². The third kappa shape index (κ3) is 3.93. The van der Waals surface area contributed by atoms with Crippen molar-refractivity contribution in [1.82, 2.24) is 9.80 Å². The zero-order valence-corrected chi connectivity index (χ0v) is 11.6. The van der Waals surface area contributed by atoms with Crippen LogP contribution < -0.4 is 0 Å². The highest BCUT2D eigenvalue weighted by Crippen LogP contribution is 2.10. The highest BCUT2D eigenvalue weighted by atomic mass is 19.1. The van der Waals surface area contributed by atoms with E-state index in [4.69, 9.17) is 4.74 Å². The second kappa shape index (κ2) is 7.24. The lowest BCUT2D eigenvalue weighted by Gasteiger charge is -2.33. The lowest BCUT2D eigenvalue weighted by molar-refractivity contribution is 0.0714. The van der Waals surface area contributed by atoms with Crippen molar-refractivity contribution in [3.8, 4) is 0 Å². The largest absolute Gasteiger partial charge is 0.444 e. The average molecular weight is 279 g/mol. The maximum absolute atomic E-state index is 13.4. The minimum atomic E-state index is -0.373. The van der Waals surface area contributed by atoms with Crippen molar-refractivity contribution in [2.75, 3.05) is 32.7 Å². The van der Waals surface area contributed by atoms with Gasteiger partial charge in [-0.1, -0.05) is 25.1 Å². The number of amides is 1. The van der Waals surface area contributed by atoms with Crippen LogP contribution in [0.25, 0.3) is 0 Å². The number of ether oxygens (including phenoxy) is 1. The molecule has 0 saturated carbocycles. The van der Waals surface area contributed by atoms with E-state index in [1.807, 2.05) is 0 Å². The highest BCUT2D eigenvalue weighted by Gasteiger charge is 2.21. The third-order valence-electron chi connectivity index (χ3n) is 3.41. The number of piperazine rings is 1. The highest BCUT2D eigenvalue weighted by molar-refractivity contribution is 5.67. The van der Waals surface area contributed by atoms with Gasteiger partial charge >= 0.3 is 6.09 Å². The maximum Gasteiger partial charge on any atom is 0.410 e. The van der Waals surface area contributed by atoms with Crippen LogP contribution in [0.2, 0.25) is 0 Å². The van der Waals surface area contributed by atoms with E-state index in [9.17, 15) is 9.18 Å². The summed E-state index contributed by atoms with van der Waals surface area (Å²) in [4.78, 5) is 15.8. The van der Waals surface area contributed by atoms with E-state index in [0.29, 0.717) is 18.7 Å². The molecule has 4 nitrogen and oxygen atoms in total. The molecule has 0 unspecified atom stereocenters. The monoisotopic (exact) mass is 279 g/mol. The van der Waals surface area contributed by atoms with Gasteiger partial charge in [0.05, 0.1) is 0 Å². The van der Waals surface area contributed by atoms with Crippen LogP contribution in [0.5, 0.6) is 0 Å². The minimum absolute atomic E-state index is 0.0232. The number of hydrogen-bond donors (Lipinski definition) is 0. The van der Waals surface area contributed by atoms with Crippen LogP contribution in [0.15, 0.2) is 24.3 Å². The Morgan fingerprint density at radius 3 is 2.60 bits per heavy atom. The van der Waals surface area contributed by atoms with Crippen LogP contribution >= 0.6 is 0 Å². The quantitative estimate of drug-likeness (QED) is 0.848. The summed E-state index contributed by atoms with van der Waals surface area (Å²) in [6.45, 7) is 7.73. The van der Waals surface area contributed by atoms with Gasteiger partial charge in [0.2, 0.25) is 0 Å². The predicted octanol–water partition coefficient (Wildman–Crippen LogP) is 2.30. The number of nitrogens with zero attached hydrogens (tertiary/aromatic N) is 2. The van der Waals surface area contributed by atoms with Crippen molar-refractivity contribution in [2.45, 2.75) is 13.0 Å². The molecule has 0 spiro atoms. The van der Waals surface area contributed by atoms with Gasteiger partial charge in [-0.25, -0.2) is 9.18 Å². The second-order valence-corrected chi connectivity index (χ2v) is 4.83. The Morgan fingerprint density at radius 2 is 1.95 bits per heavy atom. The average Bonchev–Trinajstić information content (AvgIpc) is 2.47. The second-order valence-electron chi connectivity index (χ2n) is 4.83. The molecule has 1 aliphatic heterocycles. The van der Waals surface area contributed by atoms with Gasteiger partial charge in [-0.2, -0.15) is 0 Å². The smallest absolute Gasteiger partial charge is 0.410 e. The Bertz CT molecular complexity index is 445. The molecular weight excluding hydrogens is 259 g/mol. The van der Waals surface area contributed by atoms with Crippen LogP contribution in [-0.2, 0) is 11.3 Å². The molecule has 1 fully saturated rings. The molecule has 0 aliphatic carbocycles. The summed E-state index contributed by atoms with van der Waals surface area (Å²) in [6, 6.07) is 6.32. The molecule has 0 atom stereocenters. The number of halogens is 1. The molecule has 1 radical (unpaired) electrons. The molecule has 0 aromatic heterocycles. The summed E-state index contributed by atoms with van der Waals surface area (Å²) in [7, 11) is 0. The first-order valence-corrected chi connectivity index (χ1v) is 6.87. The Kier molecular flexibility index (Phi) is 5.35. The van der Waals surface area contributed by atoms with Crippen molar-refractivity contribution in [3.05, 3.63) is 42.6 Å². The molecule has 109 valence electrons. The Hall–Kier alpha value is -1.62. The van der Waals surface area contributed by atoms with Gasteiger partial charge in [0.25, 0.3) is 0 Å². The molecule has 1 heterocycles. The Morgan fingerprint density at radius 1 is 1.25 bits per heavy atom. The van der Waals surface area contributed by atoms with Crippen LogP contribution in [0.3, 0.4) is 0 Å². The third-order valence-corrected chi connectivity index (χ3v) is 3.41. The van der Waals surface area contributed by atoms with E-state index in [0.717, 1.165) is 26.1 Å². The van der Waals surface area contributed by atoms with E-state index in [1.165, 1.54) is 6.07 Å². The summed E-state index contributed by atoms with van der Waals surface area (Å²) in [5.74, 6) is -0.347. The van der Waals surface area contributed by atoms with E-state index in [2.05, 4.69) is 11.8 Å². The lowest BCUT2D eigenvalue weighted by Crippen LogP contribution is -2.48. The van der Waals surface area contributed by atoms with Crippen molar-refractivity contribution >= 4 is 6.09 Å². The van der Waals surface area contributed by atoms with E-state index >= 15 is 0 Å². The SMILES string of the molecule is [CH2]CCN1CCN(C(=O)OCc2ccccc2F)CC1. The van der Waals surface area contributed by atoms with Crippen molar-refractivity contribution in [2.24, 2.45) is 0 Å². The number of carbonyl (C=O) groups is 1. The molecule has 0 N–H and O–H groups in total. The zero-order chi connectivity index (χ0) is 14.4. The normalized spacial score (nSPS) is 16.2. The molecule has 20 heavy (non-hydrogen) atoms. The molecule has 1 saturated heterocycles. The van der Waals surface area contributed by atoms with Gasteiger partial charge in [0, 0.05) is 31.7 Å². The first-order valence-electron chi connectivity index (χ1n) is 6.87. The van der Waals surface area contributed by atoms with E-state index < -0.39 is 0 Å². The predicted molar refractivity (Wildman–Crippen MR) is 74.6 cm³/mol. The molecule has 5 heteroatoms. The van der Waals surface area contributed by atoms with Crippen molar-refractivity contribution in [1.29, 1.82) is 0 Å². The minimum Gasteiger partial charge on any atom is -0.444 e. The van der Waals surface area contributed by atoms with Crippen molar-refractivity contribution < 1.29 is 13.9 Å². The summed E-state index contributed by atoms with van der Waals surface area (Å²) < 4.78 is 18.6. The standard InChI is InChI=1S/C15H20FN2O2/c1-2-7-17-8-10-18(11-9-17)15(19)20-12-13-5-3-4-6-14(13)16/h3-6H,1-2,7-12H2. The lowest BCUT2D eigenvalue weighted by atomic mass is 10.2. The fourth-order valence-corrected chi connectivity index (χ4v) is 2.22. The van der Waals surface area contributed by atoms with Gasteiger partial charge in [-0.3, -0.25) is 4.90 Å². The molecular formula is C15H20FN2O2. The first-order chi connectivity index (χ1) is 9.70. The summed E-state index contributed by atoms with van der Waals surface area (Å²) in [5, 5.41) is 0. The Labute approximate surface area is 119 Å². The number of benzene rings is 1. The molecule has 1 aliphatic rings. The van der Waals surface area contributed by atoms with Crippen LogP contribution in [0.1, 0.15) is 12.0 Å². The van der Waals surface area contributed by atoms with Gasteiger partial charge in [0.15, 0.2) is 0 Å². The van der Waals surface area contributed by atoms with Gasteiger partial charge in [-0.05, 0) is 19.0 Å². The molecule has 1 amide bonds. The van der Waals surface area contributed by atoms with Crippen LogP contribution in [0, 0.1) is 12.7 Å². The maximum atomic E-state index is 13.4. The number of carbonyl (C=O) groups excluding carboxylic acids is 1. The topological polar surface area (TPSA) is 32.8 Å². The summed E-state index contributed by atoms with van der Waals surface area (Å²) >= 11 is 0. The summed E-state index contributed by atoms with van der Waals surface area (Å²) in [6.07, 6.45) is 0.500.